The van der Waals surface area contributed by atoms with Crippen molar-refractivity contribution in [2.45, 2.75) is 38.4 Å². The van der Waals surface area contributed by atoms with Gasteiger partial charge in [-0.15, -0.1) is 0 Å². The Hall–Kier alpha value is -1.00. The summed E-state index contributed by atoms with van der Waals surface area (Å²) in [5.41, 5.74) is -1.30. The summed E-state index contributed by atoms with van der Waals surface area (Å²) >= 11 is 0. The maximum Gasteiger partial charge on any atom is 0.154 e. The van der Waals surface area contributed by atoms with Crippen LogP contribution in [0.15, 0.2) is 23.2 Å². The Morgan fingerprint density at radius 1 is 1.36 bits per heavy atom. The van der Waals surface area contributed by atoms with Crippen LogP contribution in [0.25, 0.3) is 0 Å². The zero-order valence-corrected chi connectivity index (χ0v) is 8.36. The zero-order valence-electron chi connectivity index (χ0n) is 8.36. The van der Waals surface area contributed by atoms with Crippen molar-refractivity contribution in [2.24, 2.45) is 0 Å². The van der Waals surface area contributed by atoms with E-state index in [-0.39, 0.29) is 17.9 Å². The molecule has 4 N–H and O–H groups in total. The van der Waals surface area contributed by atoms with Gasteiger partial charge in [0, 0.05) is 0 Å². The molecule has 80 valence electrons. The fourth-order valence-electron chi connectivity index (χ4n) is 1.56. The number of aliphatic hydroxyl groups is 4. The molecule has 0 fully saturated rings. The van der Waals surface area contributed by atoms with E-state index in [1.54, 1.807) is 13.8 Å². The van der Waals surface area contributed by atoms with Crippen molar-refractivity contribution >= 4 is 0 Å². The van der Waals surface area contributed by atoms with Gasteiger partial charge < -0.3 is 20.4 Å². The predicted molar refractivity (Wildman–Crippen MR) is 51.9 cm³/mol. The van der Waals surface area contributed by atoms with Gasteiger partial charge in [0.15, 0.2) is 5.60 Å². The molecule has 0 aromatic rings. The van der Waals surface area contributed by atoms with E-state index in [0.29, 0.717) is 12.0 Å². The zero-order chi connectivity index (χ0) is 10.9. The molecule has 0 aromatic heterocycles. The van der Waals surface area contributed by atoms with E-state index in [2.05, 4.69) is 0 Å². The standard InChI is InChI=1S/C10H16O4/c1-3-6-5-7(11)10(14,4-2)9(13)8(6)12/h5,9,11-14H,3-4H2,1-2H3. The maximum absolute atomic E-state index is 9.84. The fourth-order valence-corrected chi connectivity index (χ4v) is 1.56. The molecule has 0 saturated carbocycles. The lowest BCUT2D eigenvalue weighted by Crippen LogP contribution is -2.47. The van der Waals surface area contributed by atoms with Crippen LogP contribution in [0.4, 0.5) is 0 Å². The molecule has 0 heterocycles. The average molecular weight is 200 g/mol. The number of allylic oxidation sites excluding steroid dienone is 2. The number of aliphatic hydroxyl groups excluding tert-OH is 3. The van der Waals surface area contributed by atoms with Crippen LogP contribution in [0.3, 0.4) is 0 Å². The highest BCUT2D eigenvalue weighted by Gasteiger charge is 2.44. The highest BCUT2D eigenvalue weighted by Crippen LogP contribution is 2.34. The maximum atomic E-state index is 9.84. The molecule has 14 heavy (non-hydrogen) atoms. The molecule has 2 unspecified atom stereocenters. The minimum atomic E-state index is -1.75. The molecule has 4 heteroatoms. The minimum absolute atomic E-state index is 0.136. The van der Waals surface area contributed by atoms with Crippen LogP contribution in [0, 0.1) is 0 Å². The van der Waals surface area contributed by atoms with Gasteiger partial charge in [0.25, 0.3) is 0 Å². The Morgan fingerprint density at radius 3 is 2.36 bits per heavy atom. The molecular formula is C10H16O4. The average Bonchev–Trinajstić information content (AvgIpc) is 2.20. The van der Waals surface area contributed by atoms with Gasteiger partial charge >= 0.3 is 0 Å². The molecule has 1 rings (SSSR count). The van der Waals surface area contributed by atoms with E-state index in [0.717, 1.165) is 0 Å². The lowest BCUT2D eigenvalue weighted by molar-refractivity contribution is -0.0748. The second-order valence-corrected chi connectivity index (χ2v) is 3.47. The lowest BCUT2D eigenvalue weighted by atomic mass is 9.83. The van der Waals surface area contributed by atoms with E-state index in [9.17, 15) is 20.4 Å². The summed E-state index contributed by atoms with van der Waals surface area (Å²) in [5, 5.41) is 38.5. The molecule has 1 aliphatic rings. The van der Waals surface area contributed by atoms with E-state index in [1.807, 2.05) is 0 Å². The van der Waals surface area contributed by atoms with E-state index >= 15 is 0 Å². The first-order chi connectivity index (χ1) is 6.47. The van der Waals surface area contributed by atoms with Crippen molar-refractivity contribution in [1.82, 2.24) is 0 Å². The second-order valence-electron chi connectivity index (χ2n) is 3.47. The highest BCUT2D eigenvalue weighted by molar-refractivity contribution is 5.37. The summed E-state index contributed by atoms with van der Waals surface area (Å²) in [6.45, 7) is 3.41. The van der Waals surface area contributed by atoms with Crippen molar-refractivity contribution in [1.29, 1.82) is 0 Å². The Labute approximate surface area is 82.8 Å². The summed E-state index contributed by atoms with van der Waals surface area (Å²) in [6, 6.07) is 0. The first kappa shape index (κ1) is 11.1. The quantitative estimate of drug-likeness (QED) is 0.539. The van der Waals surface area contributed by atoms with Crippen molar-refractivity contribution in [3.63, 3.8) is 0 Å². The van der Waals surface area contributed by atoms with Crippen molar-refractivity contribution in [3.8, 4) is 0 Å². The van der Waals surface area contributed by atoms with Crippen molar-refractivity contribution in [3.05, 3.63) is 23.2 Å². The minimum Gasteiger partial charge on any atom is -0.509 e. The van der Waals surface area contributed by atoms with Gasteiger partial charge in [-0.3, -0.25) is 0 Å². The molecule has 0 bridgehead atoms. The van der Waals surface area contributed by atoms with Crippen LogP contribution in [0.1, 0.15) is 26.7 Å². The molecule has 0 aliphatic heterocycles. The van der Waals surface area contributed by atoms with Gasteiger partial charge in [0.05, 0.1) is 0 Å². The monoisotopic (exact) mass is 200 g/mol. The van der Waals surface area contributed by atoms with E-state index in [4.69, 9.17) is 0 Å². The molecule has 0 aromatic carbocycles. The Morgan fingerprint density at radius 2 is 1.93 bits per heavy atom. The van der Waals surface area contributed by atoms with E-state index in [1.165, 1.54) is 6.08 Å². The lowest BCUT2D eigenvalue weighted by Gasteiger charge is -2.34. The van der Waals surface area contributed by atoms with Crippen LogP contribution >= 0.6 is 0 Å². The third kappa shape index (κ3) is 1.40. The third-order valence-electron chi connectivity index (χ3n) is 2.71. The van der Waals surface area contributed by atoms with Crippen LogP contribution < -0.4 is 0 Å². The third-order valence-corrected chi connectivity index (χ3v) is 2.71. The summed E-state index contributed by atoms with van der Waals surface area (Å²) in [6.07, 6.45) is 0.503. The molecule has 0 amide bonds. The summed E-state index contributed by atoms with van der Waals surface area (Å²) in [5.74, 6) is -0.545. The number of rotatable bonds is 2. The highest BCUT2D eigenvalue weighted by atomic mass is 16.4. The first-order valence-corrected chi connectivity index (χ1v) is 4.71. The normalized spacial score (nSPS) is 33.1. The summed E-state index contributed by atoms with van der Waals surface area (Å²) in [7, 11) is 0. The summed E-state index contributed by atoms with van der Waals surface area (Å²) < 4.78 is 0. The molecule has 0 saturated heterocycles. The molecule has 0 spiro atoms. The second kappa shape index (κ2) is 3.63. The van der Waals surface area contributed by atoms with Crippen LogP contribution in [0.2, 0.25) is 0 Å². The molecular weight excluding hydrogens is 184 g/mol. The Bertz CT molecular complexity index is 292. The Balaban J connectivity index is 3.16. The topological polar surface area (TPSA) is 80.9 Å². The largest absolute Gasteiger partial charge is 0.509 e. The van der Waals surface area contributed by atoms with Crippen LogP contribution in [0.5, 0.6) is 0 Å². The van der Waals surface area contributed by atoms with Gasteiger partial charge in [-0.25, -0.2) is 0 Å². The molecule has 4 nitrogen and oxygen atoms in total. The SMILES string of the molecule is CCC1=C(O)C(O)C(O)(CC)C(O)=C1. The van der Waals surface area contributed by atoms with Crippen molar-refractivity contribution in [2.75, 3.05) is 0 Å². The van der Waals surface area contributed by atoms with Gasteiger partial charge in [-0.1, -0.05) is 13.8 Å². The first-order valence-electron chi connectivity index (χ1n) is 4.71. The van der Waals surface area contributed by atoms with Gasteiger partial charge in [0.2, 0.25) is 0 Å². The van der Waals surface area contributed by atoms with Crippen molar-refractivity contribution < 1.29 is 20.4 Å². The van der Waals surface area contributed by atoms with Gasteiger partial charge in [-0.05, 0) is 24.5 Å². The van der Waals surface area contributed by atoms with E-state index < -0.39 is 11.7 Å². The van der Waals surface area contributed by atoms with Gasteiger partial charge in [0.1, 0.15) is 17.6 Å². The predicted octanol–water partition coefficient (Wildman–Crippen LogP) is 1.17. The summed E-state index contributed by atoms with van der Waals surface area (Å²) in [4.78, 5) is 0. The van der Waals surface area contributed by atoms with Crippen LogP contribution in [-0.2, 0) is 0 Å². The Kier molecular flexibility index (Phi) is 2.87. The fraction of sp³-hybridized carbons (Fsp3) is 0.600. The van der Waals surface area contributed by atoms with Gasteiger partial charge in [-0.2, -0.15) is 0 Å². The molecule has 1 aliphatic carbocycles. The number of hydrogen-bond donors (Lipinski definition) is 4. The smallest absolute Gasteiger partial charge is 0.154 e. The van der Waals surface area contributed by atoms with Crippen LogP contribution in [-0.4, -0.2) is 32.1 Å². The molecule has 2 atom stereocenters. The molecule has 0 radical (unpaired) electrons. The number of hydrogen-bond acceptors (Lipinski definition) is 4.